The molecule has 1 aliphatic rings. The highest BCUT2D eigenvalue weighted by Gasteiger charge is 2.17. The molecule has 1 aliphatic heterocycles. The fourth-order valence-electron chi connectivity index (χ4n) is 2.33. The summed E-state index contributed by atoms with van der Waals surface area (Å²) in [5, 5.41) is 3.21. The molecule has 0 bridgehead atoms. The number of hydrogen-bond acceptors (Lipinski definition) is 2. The third kappa shape index (κ3) is 3.22. The Bertz CT molecular complexity index is 388. The van der Waals surface area contributed by atoms with Crippen LogP contribution >= 0.6 is 0 Å². The molecule has 17 heavy (non-hydrogen) atoms. The van der Waals surface area contributed by atoms with Gasteiger partial charge in [0.05, 0.1) is 6.54 Å². The number of carbonyl (C=O) groups is 1. The van der Waals surface area contributed by atoms with Gasteiger partial charge < -0.3 is 10.2 Å². The summed E-state index contributed by atoms with van der Waals surface area (Å²) in [6.07, 6.45) is 2.30. The Morgan fingerprint density at radius 3 is 2.35 bits per heavy atom. The smallest absolute Gasteiger partial charge is 0.241 e. The molecule has 1 heterocycles. The second-order valence-corrected chi connectivity index (χ2v) is 4.82. The van der Waals surface area contributed by atoms with Gasteiger partial charge in [0.25, 0.3) is 0 Å². The fourth-order valence-corrected chi connectivity index (χ4v) is 2.33. The van der Waals surface area contributed by atoms with E-state index < -0.39 is 0 Å². The standard InChI is InChI=1S/C14H20N2O/c1-11-7-12(2)9-13(8-11)15-10-14(17)16-5-3-4-6-16/h7-9,15H,3-6,10H2,1-2H3. The molecule has 0 aromatic heterocycles. The summed E-state index contributed by atoms with van der Waals surface area (Å²) in [6, 6.07) is 6.28. The van der Waals surface area contributed by atoms with Gasteiger partial charge in [-0.05, 0) is 49.9 Å². The van der Waals surface area contributed by atoms with Crippen LogP contribution in [0.5, 0.6) is 0 Å². The Morgan fingerprint density at radius 2 is 1.76 bits per heavy atom. The number of benzene rings is 1. The zero-order valence-electron chi connectivity index (χ0n) is 10.6. The second kappa shape index (κ2) is 5.21. The number of nitrogens with one attached hydrogen (secondary N) is 1. The Balaban J connectivity index is 1.90. The molecule has 1 fully saturated rings. The Hall–Kier alpha value is -1.51. The molecule has 1 saturated heterocycles. The van der Waals surface area contributed by atoms with Gasteiger partial charge >= 0.3 is 0 Å². The van der Waals surface area contributed by atoms with E-state index >= 15 is 0 Å². The third-order valence-electron chi connectivity index (χ3n) is 3.12. The maximum Gasteiger partial charge on any atom is 0.241 e. The van der Waals surface area contributed by atoms with Crippen LogP contribution in [0, 0.1) is 13.8 Å². The molecular weight excluding hydrogens is 212 g/mol. The molecule has 0 aliphatic carbocycles. The van der Waals surface area contributed by atoms with Crippen LogP contribution in [0.1, 0.15) is 24.0 Å². The number of aryl methyl sites for hydroxylation is 2. The largest absolute Gasteiger partial charge is 0.376 e. The summed E-state index contributed by atoms with van der Waals surface area (Å²) >= 11 is 0. The summed E-state index contributed by atoms with van der Waals surface area (Å²) in [5.74, 6) is 0.210. The van der Waals surface area contributed by atoms with E-state index in [-0.39, 0.29) is 5.91 Å². The van der Waals surface area contributed by atoms with Crippen LogP contribution in [0.3, 0.4) is 0 Å². The van der Waals surface area contributed by atoms with Crippen molar-refractivity contribution >= 4 is 11.6 Å². The van der Waals surface area contributed by atoms with Gasteiger partial charge in [0, 0.05) is 18.8 Å². The van der Waals surface area contributed by atoms with Gasteiger partial charge in [-0.25, -0.2) is 0 Å². The average Bonchev–Trinajstić information content (AvgIpc) is 2.78. The first-order valence-corrected chi connectivity index (χ1v) is 6.25. The van der Waals surface area contributed by atoms with Gasteiger partial charge in [0.15, 0.2) is 0 Å². The predicted octanol–water partition coefficient (Wildman–Crippen LogP) is 2.34. The van der Waals surface area contributed by atoms with Crippen LogP contribution in [0.4, 0.5) is 5.69 Å². The van der Waals surface area contributed by atoms with Crippen LogP contribution in [0.15, 0.2) is 18.2 Å². The first-order chi connectivity index (χ1) is 8.15. The molecule has 3 nitrogen and oxygen atoms in total. The number of hydrogen-bond donors (Lipinski definition) is 1. The number of likely N-dealkylation sites (tertiary alicyclic amines) is 1. The minimum atomic E-state index is 0.210. The van der Waals surface area contributed by atoms with Crippen LogP contribution < -0.4 is 5.32 Å². The topological polar surface area (TPSA) is 32.3 Å². The molecule has 0 radical (unpaired) electrons. The Kier molecular flexibility index (Phi) is 3.67. The number of anilines is 1. The van der Waals surface area contributed by atoms with E-state index in [4.69, 9.17) is 0 Å². The monoisotopic (exact) mass is 232 g/mol. The van der Waals surface area contributed by atoms with E-state index in [1.54, 1.807) is 0 Å². The van der Waals surface area contributed by atoms with Gasteiger partial charge in [0.2, 0.25) is 5.91 Å². The van der Waals surface area contributed by atoms with Crippen molar-refractivity contribution < 1.29 is 4.79 Å². The molecule has 0 atom stereocenters. The molecule has 0 unspecified atom stereocenters. The molecule has 1 amide bonds. The molecule has 0 spiro atoms. The van der Waals surface area contributed by atoms with Crippen LogP contribution in [-0.2, 0) is 4.79 Å². The summed E-state index contributed by atoms with van der Waals surface area (Å²) in [4.78, 5) is 13.8. The quantitative estimate of drug-likeness (QED) is 0.867. The minimum Gasteiger partial charge on any atom is -0.376 e. The molecular formula is C14H20N2O. The third-order valence-corrected chi connectivity index (χ3v) is 3.12. The van der Waals surface area contributed by atoms with Crippen molar-refractivity contribution in [2.24, 2.45) is 0 Å². The van der Waals surface area contributed by atoms with Gasteiger partial charge in [-0.2, -0.15) is 0 Å². The molecule has 1 aromatic rings. The molecule has 1 N–H and O–H groups in total. The molecule has 2 rings (SSSR count). The van der Waals surface area contributed by atoms with Crippen molar-refractivity contribution in [1.82, 2.24) is 4.90 Å². The fraction of sp³-hybridized carbons (Fsp3) is 0.500. The number of amides is 1. The van der Waals surface area contributed by atoms with Crippen molar-refractivity contribution in [2.75, 3.05) is 25.0 Å². The lowest BCUT2D eigenvalue weighted by molar-refractivity contribution is -0.128. The number of rotatable bonds is 3. The lowest BCUT2D eigenvalue weighted by atomic mass is 10.1. The maximum atomic E-state index is 11.9. The summed E-state index contributed by atoms with van der Waals surface area (Å²) in [7, 11) is 0. The van der Waals surface area contributed by atoms with E-state index in [2.05, 4.69) is 37.4 Å². The van der Waals surface area contributed by atoms with Gasteiger partial charge in [0.1, 0.15) is 0 Å². The first-order valence-electron chi connectivity index (χ1n) is 6.25. The summed E-state index contributed by atoms with van der Waals surface area (Å²) in [5.41, 5.74) is 3.48. The first kappa shape index (κ1) is 12.0. The molecule has 92 valence electrons. The molecule has 0 saturated carbocycles. The van der Waals surface area contributed by atoms with Gasteiger partial charge in [-0.1, -0.05) is 6.07 Å². The van der Waals surface area contributed by atoms with E-state index in [1.807, 2.05) is 4.90 Å². The predicted molar refractivity (Wildman–Crippen MR) is 70.2 cm³/mol. The zero-order chi connectivity index (χ0) is 12.3. The molecule has 1 aromatic carbocycles. The average molecular weight is 232 g/mol. The van der Waals surface area contributed by atoms with E-state index in [9.17, 15) is 4.79 Å². The highest BCUT2D eigenvalue weighted by atomic mass is 16.2. The van der Waals surface area contributed by atoms with Crippen LogP contribution in [0.25, 0.3) is 0 Å². The highest BCUT2D eigenvalue weighted by Crippen LogP contribution is 2.14. The van der Waals surface area contributed by atoms with E-state index in [0.29, 0.717) is 6.54 Å². The van der Waals surface area contributed by atoms with E-state index in [0.717, 1.165) is 31.6 Å². The van der Waals surface area contributed by atoms with Crippen molar-refractivity contribution in [3.05, 3.63) is 29.3 Å². The van der Waals surface area contributed by atoms with Crippen molar-refractivity contribution in [3.8, 4) is 0 Å². The normalized spacial score (nSPS) is 15.1. The summed E-state index contributed by atoms with van der Waals surface area (Å²) in [6.45, 7) is 6.39. The number of nitrogens with zero attached hydrogens (tertiary/aromatic N) is 1. The molecule has 3 heteroatoms. The maximum absolute atomic E-state index is 11.9. The van der Waals surface area contributed by atoms with Crippen LogP contribution in [0.2, 0.25) is 0 Å². The van der Waals surface area contributed by atoms with Crippen molar-refractivity contribution in [1.29, 1.82) is 0 Å². The van der Waals surface area contributed by atoms with Gasteiger partial charge in [-0.15, -0.1) is 0 Å². The lowest BCUT2D eigenvalue weighted by Crippen LogP contribution is -2.32. The Labute approximate surface area is 103 Å². The van der Waals surface area contributed by atoms with E-state index in [1.165, 1.54) is 11.1 Å². The number of carbonyl (C=O) groups excluding carboxylic acids is 1. The Morgan fingerprint density at radius 1 is 1.18 bits per heavy atom. The van der Waals surface area contributed by atoms with Crippen molar-refractivity contribution in [3.63, 3.8) is 0 Å². The minimum absolute atomic E-state index is 0.210. The zero-order valence-corrected chi connectivity index (χ0v) is 10.6. The van der Waals surface area contributed by atoms with Crippen LogP contribution in [-0.4, -0.2) is 30.4 Å². The van der Waals surface area contributed by atoms with Gasteiger partial charge in [-0.3, -0.25) is 4.79 Å². The lowest BCUT2D eigenvalue weighted by Gasteiger charge is -2.16. The summed E-state index contributed by atoms with van der Waals surface area (Å²) < 4.78 is 0. The SMILES string of the molecule is Cc1cc(C)cc(NCC(=O)N2CCCC2)c1. The van der Waals surface area contributed by atoms with Crippen molar-refractivity contribution in [2.45, 2.75) is 26.7 Å². The second-order valence-electron chi connectivity index (χ2n) is 4.82. The highest BCUT2D eigenvalue weighted by molar-refractivity contribution is 5.81.